The Morgan fingerprint density at radius 3 is 2.90 bits per heavy atom. The Morgan fingerprint density at radius 2 is 2.25 bits per heavy atom. The van der Waals surface area contributed by atoms with Crippen LogP contribution in [0.25, 0.3) is 0 Å². The molecule has 1 heterocycles. The van der Waals surface area contributed by atoms with Gasteiger partial charge in [-0.25, -0.2) is 14.6 Å². The van der Waals surface area contributed by atoms with Crippen molar-refractivity contribution in [3.63, 3.8) is 0 Å². The van der Waals surface area contributed by atoms with Crippen LogP contribution in [-0.2, 0) is 6.54 Å². The fraction of sp³-hybridized carbons (Fsp3) is 0.385. The number of nitrogens with one attached hydrogen (secondary N) is 1. The van der Waals surface area contributed by atoms with E-state index in [0.717, 1.165) is 24.6 Å². The number of urea groups is 1. The maximum absolute atomic E-state index is 14.0. The molecular weight excluding hydrogens is 279 g/mol. The molecule has 0 bridgehead atoms. The first-order valence-electron chi connectivity index (χ1n) is 6.32. The number of thioether (sulfide) groups is 1. The van der Waals surface area contributed by atoms with Crippen molar-refractivity contribution in [2.75, 3.05) is 24.6 Å². The van der Waals surface area contributed by atoms with Gasteiger partial charge in [0.05, 0.1) is 6.21 Å². The number of amides is 2. The van der Waals surface area contributed by atoms with Gasteiger partial charge in [0.15, 0.2) is 0 Å². The molecule has 0 unspecified atom stereocenters. The zero-order valence-corrected chi connectivity index (χ0v) is 11.8. The minimum Gasteiger partial charge on any atom is -0.350 e. The van der Waals surface area contributed by atoms with Gasteiger partial charge in [0.25, 0.3) is 0 Å². The summed E-state index contributed by atoms with van der Waals surface area (Å²) in [6, 6.07) is 4.17. The summed E-state index contributed by atoms with van der Waals surface area (Å²) in [5.74, 6) is 1.95. The molecular formula is C13H17FN4OS. The van der Waals surface area contributed by atoms with E-state index in [2.05, 4.69) is 15.4 Å². The van der Waals surface area contributed by atoms with E-state index in [9.17, 15) is 9.18 Å². The van der Waals surface area contributed by atoms with Gasteiger partial charge in [-0.3, -0.25) is 4.90 Å². The van der Waals surface area contributed by atoms with E-state index in [0.29, 0.717) is 17.7 Å². The molecule has 0 radical (unpaired) electrons. The van der Waals surface area contributed by atoms with Gasteiger partial charge in [-0.05, 0) is 11.6 Å². The largest absolute Gasteiger partial charge is 0.350 e. The zero-order chi connectivity index (χ0) is 14.4. The van der Waals surface area contributed by atoms with Crippen molar-refractivity contribution in [3.8, 4) is 0 Å². The third-order valence-electron chi connectivity index (χ3n) is 2.96. The van der Waals surface area contributed by atoms with E-state index >= 15 is 0 Å². The van der Waals surface area contributed by atoms with Crippen LogP contribution in [0.4, 0.5) is 9.18 Å². The maximum atomic E-state index is 14.0. The molecule has 20 heavy (non-hydrogen) atoms. The summed E-state index contributed by atoms with van der Waals surface area (Å²) < 4.78 is 14.0. The number of halogens is 1. The average Bonchev–Trinajstić information content (AvgIpc) is 2.42. The lowest BCUT2D eigenvalue weighted by Crippen LogP contribution is -2.32. The van der Waals surface area contributed by atoms with Crippen LogP contribution in [0, 0.1) is 5.82 Å². The van der Waals surface area contributed by atoms with Crippen LogP contribution in [-0.4, -0.2) is 41.7 Å². The first-order valence-corrected chi connectivity index (χ1v) is 7.47. The van der Waals surface area contributed by atoms with Gasteiger partial charge < -0.3 is 5.73 Å². The summed E-state index contributed by atoms with van der Waals surface area (Å²) in [6.07, 6.45) is 1.36. The molecule has 2 rings (SSSR count). The minimum absolute atomic E-state index is 0.258. The Hall–Kier alpha value is -1.60. The van der Waals surface area contributed by atoms with E-state index in [-0.39, 0.29) is 5.82 Å². The van der Waals surface area contributed by atoms with Gasteiger partial charge in [-0.15, -0.1) is 0 Å². The smallest absolute Gasteiger partial charge is 0.332 e. The highest BCUT2D eigenvalue weighted by atomic mass is 32.2. The topological polar surface area (TPSA) is 70.7 Å². The fourth-order valence-electron chi connectivity index (χ4n) is 1.94. The number of carbonyl (C=O) groups excluding carboxylic acids is 1. The Morgan fingerprint density at radius 1 is 1.50 bits per heavy atom. The van der Waals surface area contributed by atoms with E-state index in [1.54, 1.807) is 12.1 Å². The van der Waals surface area contributed by atoms with Crippen LogP contribution in [0.3, 0.4) is 0 Å². The standard InChI is InChI=1S/C13H17FN4OS/c14-12-7-10(8-16-17-13(15)19)1-2-11(12)9-18-3-5-20-6-4-18/h1-2,7-8H,3-6,9H2,(H3,15,17,19). The van der Waals surface area contributed by atoms with Gasteiger partial charge in [0, 0.05) is 36.7 Å². The van der Waals surface area contributed by atoms with Crippen molar-refractivity contribution in [2.24, 2.45) is 10.8 Å². The second kappa shape index (κ2) is 7.25. The number of hydrogen-bond acceptors (Lipinski definition) is 4. The van der Waals surface area contributed by atoms with Gasteiger partial charge in [0.2, 0.25) is 0 Å². The Bertz CT molecular complexity index is 503. The number of primary amides is 1. The molecule has 1 fully saturated rings. The molecule has 0 aliphatic carbocycles. The van der Waals surface area contributed by atoms with Crippen molar-refractivity contribution in [3.05, 3.63) is 35.1 Å². The number of carbonyl (C=O) groups is 1. The molecule has 108 valence electrons. The summed E-state index contributed by atoms with van der Waals surface area (Å²) in [5, 5.41) is 3.60. The maximum Gasteiger partial charge on any atom is 0.332 e. The van der Waals surface area contributed by atoms with Crippen molar-refractivity contribution < 1.29 is 9.18 Å². The van der Waals surface area contributed by atoms with Gasteiger partial charge in [-0.2, -0.15) is 16.9 Å². The Labute approximate surface area is 121 Å². The predicted molar refractivity (Wildman–Crippen MR) is 79.3 cm³/mol. The molecule has 2 amide bonds. The first-order chi connectivity index (χ1) is 9.65. The van der Waals surface area contributed by atoms with E-state index in [1.807, 2.05) is 11.8 Å². The molecule has 1 aromatic carbocycles. The zero-order valence-electron chi connectivity index (χ0n) is 11.0. The summed E-state index contributed by atoms with van der Waals surface area (Å²) in [5.41, 5.74) is 8.19. The molecule has 0 saturated carbocycles. The monoisotopic (exact) mass is 296 g/mol. The SMILES string of the molecule is NC(=O)NN=Cc1ccc(CN2CCSCC2)c(F)c1. The Kier molecular flexibility index (Phi) is 5.37. The third-order valence-corrected chi connectivity index (χ3v) is 3.91. The predicted octanol–water partition coefficient (Wildman–Crippen LogP) is 1.38. The van der Waals surface area contributed by atoms with Crippen LogP contribution in [0.15, 0.2) is 23.3 Å². The van der Waals surface area contributed by atoms with Crippen molar-refractivity contribution in [1.29, 1.82) is 0 Å². The number of nitrogens with two attached hydrogens (primary N) is 1. The summed E-state index contributed by atoms with van der Waals surface area (Å²) in [7, 11) is 0. The first kappa shape index (κ1) is 14.8. The quantitative estimate of drug-likeness (QED) is 0.651. The van der Waals surface area contributed by atoms with Crippen LogP contribution < -0.4 is 11.2 Å². The molecule has 0 atom stereocenters. The van der Waals surface area contributed by atoms with Crippen molar-refractivity contribution in [2.45, 2.75) is 6.54 Å². The average molecular weight is 296 g/mol. The highest BCUT2D eigenvalue weighted by Gasteiger charge is 2.12. The lowest BCUT2D eigenvalue weighted by Gasteiger charge is -2.26. The lowest BCUT2D eigenvalue weighted by molar-refractivity contribution is 0.249. The fourth-order valence-corrected chi connectivity index (χ4v) is 2.92. The molecule has 0 aromatic heterocycles. The second-order valence-electron chi connectivity index (χ2n) is 4.47. The minimum atomic E-state index is -0.749. The van der Waals surface area contributed by atoms with Crippen LogP contribution in [0.5, 0.6) is 0 Å². The van der Waals surface area contributed by atoms with Gasteiger partial charge >= 0.3 is 6.03 Å². The van der Waals surface area contributed by atoms with Crippen molar-refractivity contribution >= 4 is 24.0 Å². The molecule has 1 aromatic rings. The lowest BCUT2D eigenvalue weighted by atomic mass is 10.1. The number of benzene rings is 1. The summed E-state index contributed by atoms with van der Waals surface area (Å²) in [6.45, 7) is 2.62. The number of nitrogens with zero attached hydrogens (tertiary/aromatic N) is 2. The molecule has 0 spiro atoms. The number of hydrogen-bond donors (Lipinski definition) is 2. The normalized spacial score (nSPS) is 16.4. The molecule has 5 nitrogen and oxygen atoms in total. The van der Waals surface area contributed by atoms with E-state index in [1.165, 1.54) is 12.3 Å². The van der Waals surface area contributed by atoms with E-state index in [4.69, 9.17) is 5.73 Å². The number of rotatable bonds is 4. The van der Waals surface area contributed by atoms with Gasteiger partial charge in [0.1, 0.15) is 5.82 Å². The number of hydrazone groups is 1. The molecule has 3 N–H and O–H groups in total. The highest BCUT2D eigenvalue weighted by Crippen LogP contribution is 2.16. The summed E-state index contributed by atoms with van der Waals surface area (Å²) >= 11 is 1.93. The molecule has 1 saturated heterocycles. The van der Waals surface area contributed by atoms with Crippen LogP contribution in [0.1, 0.15) is 11.1 Å². The van der Waals surface area contributed by atoms with Crippen molar-refractivity contribution in [1.82, 2.24) is 10.3 Å². The molecule has 7 heteroatoms. The van der Waals surface area contributed by atoms with E-state index < -0.39 is 6.03 Å². The van der Waals surface area contributed by atoms with Crippen LogP contribution in [0.2, 0.25) is 0 Å². The molecule has 1 aliphatic rings. The Balaban J connectivity index is 1.98. The van der Waals surface area contributed by atoms with Crippen LogP contribution >= 0.6 is 11.8 Å². The third kappa shape index (κ3) is 4.50. The second-order valence-corrected chi connectivity index (χ2v) is 5.70. The molecule has 1 aliphatic heterocycles. The summed E-state index contributed by atoms with van der Waals surface area (Å²) in [4.78, 5) is 12.7. The highest BCUT2D eigenvalue weighted by molar-refractivity contribution is 7.99. The van der Waals surface area contributed by atoms with Gasteiger partial charge in [-0.1, -0.05) is 12.1 Å².